The second kappa shape index (κ2) is 6.55. The Labute approximate surface area is 109 Å². The first-order valence-corrected chi connectivity index (χ1v) is 7.01. The highest BCUT2D eigenvalue weighted by molar-refractivity contribution is 5.93. The van der Waals surface area contributed by atoms with Crippen LogP contribution in [0.15, 0.2) is 30.3 Å². The second-order valence-electron chi connectivity index (χ2n) is 5.06. The van der Waals surface area contributed by atoms with Gasteiger partial charge in [0.1, 0.15) is 0 Å². The lowest BCUT2D eigenvalue weighted by atomic mass is 10.2. The van der Waals surface area contributed by atoms with Crippen LogP contribution < -0.4 is 10.2 Å². The minimum atomic E-state index is 0.150. The van der Waals surface area contributed by atoms with Gasteiger partial charge in [-0.25, -0.2) is 0 Å². The number of amides is 1. The number of quaternary nitrogens is 1. The Morgan fingerprint density at radius 3 is 2.89 bits per heavy atom. The fourth-order valence-corrected chi connectivity index (χ4v) is 2.68. The molecule has 1 fully saturated rings. The summed E-state index contributed by atoms with van der Waals surface area (Å²) in [5.41, 5.74) is 0.907. The molecule has 0 radical (unpaired) electrons. The van der Waals surface area contributed by atoms with Crippen molar-refractivity contribution >= 4 is 11.6 Å². The van der Waals surface area contributed by atoms with Crippen LogP contribution in [-0.4, -0.2) is 25.0 Å². The van der Waals surface area contributed by atoms with Gasteiger partial charge in [0.2, 0.25) is 0 Å². The van der Waals surface area contributed by atoms with E-state index >= 15 is 0 Å². The third-order valence-corrected chi connectivity index (χ3v) is 3.69. The van der Waals surface area contributed by atoms with Crippen molar-refractivity contribution in [2.75, 3.05) is 18.4 Å². The first-order valence-electron chi connectivity index (χ1n) is 7.01. The number of benzene rings is 1. The number of para-hydroxylation sites is 1. The highest BCUT2D eigenvalue weighted by atomic mass is 16.2. The fourth-order valence-electron chi connectivity index (χ4n) is 2.68. The number of carbonyl (C=O) groups is 1. The molecule has 1 aliphatic rings. The summed E-state index contributed by atoms with van der Waals surface area (Å²) in [5, 5.41) is 3.03. The first-order chi connectivity index (χ1) is 8.81. The van der Waals surface area contributed by atoms with Gasteiger partial charge >= 0.3 is 0 Å². The molecule has 3 heteroatoms. The molecule has 1 saturated heterocycles. The van der Waals surface area contributed by atoms with Crippen molar-refractivity contribution in [3.63, 3.8) is 0 Å². The Hall–Kier alpha value is -1.35. The van der Waals surface area contributed by atoms with Gasteiger partial charge in [-0.2, -0.15) is 0 Å². The van der Waals surface area contributed by atoms with Crippen LogP contribution in [0.25, 0.3) is 0 Å². The molecule has 3 nitrogen and oxygen atoms in total. The molecule has 0 bridgehead atoms. The first kappa shape index (κ1) is 13.1. The van der Waals surface area contributed by atoms with Gasteiger partial charge in [-0.1, -0.05) is 31.5 Å². The number of nitrogens with one attached hydrogen (secondary N) is 2. The van der Waals surface area contributed by atoms with Crippen molar-refractivity contribution in [2.45, 2.75) is 38.6 Å². The van der Waals surface area contributed by atoms with Gasteiger partial charge in [0.05, 0.1) is 13.1 Å². The Balaban J connectivity index is 1.91. The maximum atomic E-state index is 12.3. The molecule has 0 aliphatic carbocycles. The molecule has 0 saturated carbocycles. The van der Waals surface area contributed by atoms with E-state index in [0.717, 1.165) is 25.2 Å². The molecule has 1 heterocycles. The highest BCUT2D eigenvalue weighted by Gasteiger charge is 2.34. The average molecular weight is 247 g/mol. The van der Waals surface area contributed by atoms with E-state index < -0.39 is 0 Å². The van der Waals surface area contributed by atoms with Crippen LogP contribution in [0.3, 0.4) is 0 Å². The number of hydrogen-bond acceptors (Lipinski definition) is 1. The SMILES string of the molecule is CCCC[NH+]1CCCC1C(=O)Nc1ccccc1. The molecule has 1 aromatic carbocycles. The van der Waals surface area contributed by atoms with Crippen molar-refractivity contribution in [2.24, 2.45) is 0 Å². The maximum absolute atomic E-state index is 12.3. The van der Waals surface area contributed by atoms with Crippen molar-refractivity contribution in [3.05, 3.63) is 30.3 Å². The van der Waals surface area contributed by atoms with E-state index in [2.05, 4.69) is 12.2 Å². The summed E-state index contributed by atoms with van der Waals surface area (Å²) in [7, 11) is 0. The summed E-state index contributed by atoms with van der Waals surface area (Å²) in [5.74, 6) is 0.185. The van der Waals surface area contributed by atoms with Crippen LogP contribution in [0.2, 0.25) is 0 Å². The number of unbranched alkanes of at least 4 members (excludes halogenated alkanes) is 1. The van der Waals surface area contributed by atoms with Gasteiger partial charge < -0.3 is 10.2 Å². The smallest absolute Gasteiger partial charge is 0.282 e. The van der Waals surface area contributed by atoms with Gasteiger partial charge in [-0.15, -0.1) is 0 Å². The van der Waals surface area contributed by atoms with E-state index in [0.29, 0.717) is 0 Å². The molecule has 1 aliphatic heterocycles. The summed E-state index contributed by atoms with van der Waals surface area (Å²) in [6.07, 6.45) is 4.62. The lowest BCUT2D eigenvalue weighted by Gasteiger charge is -2.20. The zero-order valence-electron chi connectivity index (χ0n) is 11.1. The summed E-state index contributed by atoms with van der Waals surface area (Å²) in [6, 6.07) is 9.90. The molecule has 98 valence electrons. The minimum Gasteiger partial charge on any atom is -0.325 e. The Morgan fingerprint density at radius 2 is 2.17 bits per heavy atom. The molecule has 2 atom stereocenters. The van der Waals surface area contributed by atoms with E-state index in [1.165, 1.54) is 24.2 Å². The summed E-state index contributed by atoms with van der Waals surface area (Å²) < 4.78 is 0. The van der Waals surface area contributed by atoms with E-state index in [9.17, 15) is 4.79 Å². The number of carbonyl (C=O) groups excluding carboxylic acids is 1. The third kappa shape index (κ3) is 3.33. The van der Waals surface area contributed by atoms with Crippen LogP contribution in [0.5, 0.6) is 0 Å². The third-order valence-electron chi connectivity index (χ3n) is 3.69. The number of rotatable bonds is 5. The largest absolute Gasteiger partial charge is 0.325 e. The Bertz CT molecular complexity index is 377. The normalized spacial score (nSPS) is 22.9. The molecule has 0 aromatic heterocycles. The van der Waals surface area contributed by atoms with E-state index in [4.69, 9.17) is 0 Å². The van der Waals surface area contributed by atoms with Gasteiger partial charge in [-0.3, -0.25) is 4.79 Å². The molecule has 2 unspecified atom stereocenters. The summed E-state index contributed by atoms with van der Waals surface area (Å²) in [4.78, 5) is 13.7. The lowest BCUT2D eigenvalue weighted by Crippen LogP contribution is -3.14. The molecule has 2 N–H and O–H groups in total. The van der Waals surface area contributed by atoms with Gasteiger partial charge in [0, 0.05) is 18.5 Å². The van der Waals surface area contributed by atoms with Crippen molar-refractivity contribution in [1.82, 2.24) is 0 Å². The molecule has 18 heavy (non-hydrogen) atoms. The monoisotopic (exact) mass is 247 g/mol. The zero-order chi connectivity index (χ0) is 12.8. The maximum Gasteiger partial charge on any atom is 0.282 e. The van der Waals surface area contributed by atoms with Gasteiger partial charge in [-0.05, 0) is 18.6 Å². The molecule has 2 rings (SSSR count). The molecule has 1 aromatic rings. The lowest BCUT2D eigenvalue weighted by molar-refractivity contribution is -0.903. The Morgan fingerprint density at radius 1 is 1.39 bits per heavy atom. The summed E-state index contributed by atoms with van der Waals surface area (Å²) >= 11 is 0. The number of anilines is 1. The minimum absolute atomic E-state index is 0.150. The van der Waals surface area contributed by atoms with Crippen LogP contribution in [0.4, 0.5) is 5.69 Å². The van der Waals surface area contributed by atoms with E-state index in [1.807, 2.05) is 30.3 Å². The van der Waals surface area contributed by atoms with Gasteiger partial charge in [0.15, 0.2) is 6.04 Å². The van der Waals surface area contributed by atoms with Crippen molar-refractivity contribution in [1.29, 1.82) is 0 Å². The molecule has 0 spiro atoms. The van der Waals surface area contributed by atoms with Crippen molar-refractivity contribution < 1.29 is 9.69 Å². The highest BCUT2D eigenvalue weighted by Crippen LogP contribution is 2.08. The molecular formula is C15H23N2O+. The summed E-state index contributed by atoms with van der Waals surface area (Å²) in [6.45, 7) is 4.48. The van der Waals surface area contributed by atoms with Crippen LogP contribution >= 0.6 is 0 Å². The van der Waals surface area contributed by atoms with E-state index in [1.54, 1.807) is 0 Å². The fraction of sp³-hybridized carbons (Fsp3) is 0.533. The predicted octanol–water partition coefficient (Wildman–Crippen LogP) is 1.47. The van der Waals surface area contributed by atoms with Crippen LogP contribution in [0.1, 0.15) is 32.6 Å². The number of hydrogen-bond donors (Lipinski definition) is 2. The van der Waals surface area contributed by atoms with Crippen LogP contribution in [-0.2, 0) is 4.79 Å². The van der Waals surface area contributed by atoms with Crippen molar-refractivity contribution in [3.8, 4) is 0 Å². The Kier molecular flexibility index (Phi) is 4.76. The van der Waals surface area contributed by atoms with Crippen LogP contribution in [0, 0.1) is 0 Å². The number of likely N-dealkylation sites (tertiary alicyclic amines) is 1. The zero-order valence-corrected chi connectivity index (χ0v) is 11.1. The molecular weight excluding hydrogens is 224 g/mol. The average Bonchev–Trinajstić information content (AvgIpc) is 2.86. The predicted molar refractivity (Wildman–Crippen MR) is 73.7 cm³/mol. The van der Waals surface area contributed by atoms with E-state index in [-0.39, 0.29) is 11.9 Å². The second-order valence-corrected chi connectivity index (χ2v) is 5.06. The molecule has 1 amide bonds. The quantitative estimate of drug-likeness (QED) is 0.812. The topological polar surface area (TPSA) is 33.5 Å². The van der Waals surface area contributed by atoms with Gasteiger partial charge in [0.25, 0.3) is 5.91 Å². The standard InChI is InChI=1S/C15H22N2O/c1-2-3-11-17-12-7-10-14(17)15(18)16-13-8-5-4-6-9-13/h4-6,8-9,14H,2-3,7,10-12H2,1H3,(H,16,18)/p+1.